The minimum absolute atomic E-state index is 0.00902. The van der Waals surface area contributed by atoms with E-state index in [2.05, 4.69) is 4.74 Å². The number of rotatable bonds is 8. The number of ether oxygens (including phenoxy) is 1. The van der Waals surface area contributed by atoms with Gasteiger partial charge in [-0.25, -0.2) is 0 Å². The fraction of sp³-hybridized carbons (Fsp3) is 0.636. The lowest BCUT2D eigenvalue weighted by molar-refractivity contribution is -0.147. The first-order valence-corrected chi connectivity index (χ1v) is 5.33. The molecule has 1 unspecified atom stereocenters. The van der Waals surface area contributed by atoms with Crippen molar-refractivity contribution in [3.63, 3.8) is 0 Å². The second-order valence-electron chi connectivity index (χ2n) is 3.65. The summed E-state index contributed by atoms with van der Waals surface area (Å²) in [4.78, 5) is 23.0. The lowest BCUT2D eigenvalue weighted by Crippen LogP contribution is -2.34. The minimum atomic E-state index is -1.04. The van der Waals surface area contributed by atoms with Gasteiger partial charge < -0.3 is 9.84 Å². The van der Waals surface area contributed by atoms with Crippen LogP contribution in [0, 0.1) is 28.6 Å². The number of carboxylic acid groups (broad SMARTS) is 1. The van der Waals surface area contributed by atoms with Crippen molar-refractivity contribution in [1.29, 1.82) is 10.5 Å². The molecule has 0 saturated carbocycles. The summed E-state index contributed by atoms with van der Waals surface area (Å²) in [6.07, 6.45) is 0.155. The van der Waals surface area contributed by atoms with Gasteiger partial charge in [-0.3, -0.25) is 14.5 Å². The largest absolute Gasteiger partial charge is 0.481 e. The van der Waals surface area contributed by atoms with E-state index in [0.717, 1.165) is 0 Å². The lowest BCUT2D eigenvalue weighted by Gasteiger charge is -2.20. The highest BCUT2D eigenvalue weighted by Crippen LogP contribution is 2.07. The molecule has 0 aliphatic heterocycles. The number of nitrogens with zero attached hydrogens (tertiary/aromatic N) is 3. The Morgan fingerprint density at radius 1 is 1.33 bits per heavy atom. The van der Waals surface area contributed by atoms with Crippen molar-refractivity contribution in [1.82, 2.24) is 4.90 Å². The highest BCUT2D eigenvalue weighted by atomic mass is 16.5. The van der Waals surface area contributed by atoms with Crippen LogP contribution < -0.4 is 0 Å². The first kappa shape index (κ1) is 15.9. The van der Waals surface area contributed by atoms with Gasteiger partial charge in [-0.2, -0.15) is 10.5 Å². The standard InChI is InChI=1S/C11H15N3O4/c1-9(15)18-7-2-10(11(16)17)8-14(5-3-12)6-4-13/h10H,2,5-8H2,1H3,(H,16,17). The van der Waals surface area contributed by atoms with E-state index in [1.54, 1.807) is 0 Å². The second-order valence-corrected chi connectivity index (χ2v) is 3.65. The van der Waals surface area contributed by atoms with Crippen molar-refractivity contribution in [2.45, 2.75) is 13.3 Å². The maximum absolute atomic E-state index is 11.0. The van der Waals surface area contributed by atoms with Gasteiger partial charge in [0.15, 0.2) is 0 Å². The fourth-order valence-corrected chi connectivity index (χ4v) is 1.33. The van der Waals surface area contributed by atoms with E-state index in [-0.39, 0.29) is 32.7 Å². The molecule has 7 nitrogen and oxygen atoms in total. The van der Waals surface area contributed by atoms with Crippen LogP contribution in [0.5, 0.6) is 0 Å². The number of esters is 1. The number of carbonyl (C=O) groups excluding carboxylic acids is 1. The van der Waals surface area contributed by atoms with Gasteiger partial charge in [-0.15, -0.1) is 0 Å². The van der Waals surface area contributed by atoms with Crippen LogP contribution in [0.1, 0.15) is 13.3 Å². The smallest absolute Gasteiger partial charge is 0.307 e. The summed E-state index contributed by atoms with van der Waals surface area (Å²) in [7, 11) is 0. The van der Waals surface area contributed by atoms with E-state index in [0.29, 0.717) is 0 Å². The molecule has 0 saturated heterocycles. The number of aliphatic carboxylic acids is 1. The van der Waals surface area contributed by atoms with Gasteiger partial charge in [0.2, 0.25) is 0 Å². The van der Waals surface area contributed by atoms with Crippen molar-refractivity contribution >= 4 is 11.9 Å². The molecule has 0 fully saturated rings. The van der Waals surface area contributed by atoms with Gasteiger partial charge in [0.25, 0.3) is 0 Å². The summed E-state index contributed by atoms with van der Waals surface area (Å²) in [6, 6.07) is 3.74. The predicted molar refractivity (Wildman–Crippen MR) is 60.0 cm³/mol. The Morgan fingerprint density at radius 3 is 2.28 bits per heavy atom. The molecule has 1 N–H and O–H groups in total. The van der Waals surface area contributed by atoms with Crippen molar-refractivity contribution < 1.29 is 19.4 Å². The Hall–Kier alpha value is -2.12. The van der Waals surface area contributed by atoms with E-state index in [9.17, 15) is 9.59 Å². The molecule has 1 atom stereocenters. The van der Waals surface area contributed by atoms with Gasteiger partial charge in [-0.1, -0.05) is 0 Å². The van der Waals surface area contributed by atoms with Crippen LogP contribution in [0.15, 0.2) is 0 Å². The Balaban J connectivity index is 4.32. The van der Waals surface area contributed by atoms with Crippen LogP contribution in [-0.4, -0.2) is 48.2 Å². The summed E-state index contributed by atoms with van der Waals surface area (Å²) in [6.45, 7) is 1.32. The maximum Gasteiger partial charge on any atom is 0.307 e. The van der Waals surface area contributed by atoms with Crippen molar-refractivity contribution in [2.24, 2.45) is 5.92 Å². The molecular formula is C11H15N3O4. The maximum atomic E-state index is 11.0. The van der Waals surface area contributed by atoms with Crippen LogP contribution in [-0.2, 0) is 14.3 Å². The molecule has 98 valence electrons. The summed E-state index contributed by atoms with van der Waals surface area (Å²) in [5, 5.41) is 26.1. The van der Waals surface area contributed by atoms with Gasteiger partial charge in [0.05, 0.1) is 37.8 Å². The monoisotopic (exact) mass is 253 g/mol. The third-order valence-electron chi connectivity index (χ3n) is 2.19. The molecule has 0 bridgehead atoms. The lowest BCUT2D eigenvalue weighted by atomic mass is 10.1. The Bertz CT molecular complexity index is 353. The third kappa shape index (κ3) is 7.20. The average Bonchev–Trinajstić information content (AvgIpc) is 2.27. The Kier molecular flexibility index (Phi) is 7.91. The topological polar surface area (TPSA) is 114 Å². The van der Waals surface area contributed by atoms with Crippen LogP contribution in [0.3, 0.4) is 0 Å². The molecule has 0 aliphatic carbocycles. The number of hydrogen-bond acceptors (Lipinski definition) is 6. The molecular weight excluding hydrogens is 238 g/mol. The summed E-state index contributed by atoms with van der Waals surface area (Å²) >= 11 is 0. The number of carbonyl (C=O) groups is 2. The average molecular weight is 253 g/mol. The van der Waals surface area contributed by atoms with Gasteiger partial charge in [-0.05, 0) is 6.42 Å². The van der Waals surface area contributed by atoms with Gasteiger partial charge in [0, 0.05) is 13.5 Å². The second kappa shape index (κ2) is 8.97. The highest BCUT2D eigenvalue weighted by Gasteiger charge is 2.21. The molecule has 18 heavy (non-hydrogen) atoms. The van der Waals surface area contributed by atoms with Crippen molar-refractivity contribution in [3.05, 3.63) is 0 Å². The number of carboxylic acids is 1. The molecule has 0 aromatic heterocycles. The van der Waals surface area contributed by atoms with Crippen LogP contribution in [0.2, 0.25) is 0 Å². The van der Waals surface area contributed by atoms with E-state index in [1.165, 1.54) is 11.8 Å². The van der Waals surface area contributed by atoms with Crippen LogP contribution in [0.25, 0.3) is 0 Å². The third-order valence-corrected chi connectivity index (χ3v) is 2.19. The van der Waals surface area contributed by atoms with E-state index >= 15 is 0 Å². The van der Waals surface area contributed by atoms with Gasteiger partial charge in [0.1, 0.15) is 0 Å². The van der Waals surface area contributed by atoms with Gasteiger partial charge >= 0.3 is 11.9 Å². The molecule has 7 heteroatoms. The molecule has 0 aliphatic rings. The zero-order valence-corrected chi connectivity index (χ0v) is 10.1. The fourth-order valence-electron chi connectivity index (χ4n) is 1.33. The molecule has 0 amide bonds. The van der Waals surface area contributed by atoms with Crippen LogP contribution in [0.4, 0.5) is 0 Å². The summed E-state index contributed by atoms with van der Waals surface area (Å²) in [5.74, 6) is -2.28. The predicted octanol–water partition coefficient (Wildman–Crippen LogP) is -0.0104. The van der Waals surface area contributed by atoms with Crippen LogP contribution >= 0.6 is 0 Å². The van der Waals surface area contributed by atoms with Crippen molar-refractivity contribution in [3.8, 4) is 12.1 Å². The number of hydrogen-bond donors (Lipinski definition) is 1. The highest BCUT2D eigenvalue weighted by molar-refractivity contribution is 5.70. The first-order chi connectivity index (χ1) is 8.51. The number of nitriles is 2. The molecule has 0 aromatic carbocycles. The SMILES string of the molecule is CC(=O)OCCC(CN(CC#N)CC#N)C(=O)O. The zero-order valence-electron chi connectivity index (χ0n) is 10.1. The first-order valence-electron chi connectivity index (χ1n) is 5.33. The minimum Gasteiger partial charge on any atom is -0.481 e. The Labute approximate surface area is 105 Å². The molecule has 0 heterocycles. The zero-order chi connectivity index (χ0) is 14.0. The van der Waals surface area contributed by atoms with E-state index < -0.39 is 17.9 Å². The molecule has 0 radical (unpaired) electrons. The molecule has 0 rings (SSSR count). The normalized spacial score (nSPS) is 11.3. The summed E-state index contributed by atoms with van der Waals surface area (Å²) in [5.41, 5.74) is 0. The quantitative estimate of drug-likeness (QED) is 0.477. The van der Waals surface area contributed by atoms with Crippen molar-refractivity contribution in [2.75, 3.05) is 26.2 Å². The Morgan fingerprint density at radius 2 is 1.89 bits per heavy atom. The summed E-state index contributed by atoms with van der Waals surface area (Å²) < 4.78 is 4.67. The molecule has 0 aromatic rings. The molecule has 0 spiro atoms. The van der Waals surface area contributed by atoms with E-state index in [4.69, 9.17) is 15.6 Å². The van der Waals surface area contributed by atoms with E-state index in [1.807, 2.05) is 12.1 Å².